The molecule has 0 spiro atoms. The number of Topliss-reactive ketones (excluding diaryl/α,β-unsaturated/α-hetero) is 1. The third-order valence-corrected chi connectivity index (χ3v) is 6.31. The van der Waals surface area contributed by atoms with Gasteiger partial charge in [0, 0.05) is 32.9 Å². The summed E-state index contributed by atoms with van der Waals surface area (Å²) in [4.78, 5) is 30.2. The summed E-state index contributed by atoms with van der Waals surface area (Å²) in [6.07, 6.45) is 1.74. The third kappa shape index (κ3) is 3.68. The van der Waals surface area contributed by atoms with Gasteiger partial charge in [0.05, 0.1) is 22.6 Å². The van der Waals surface area contributed by atoms with Crippen molar-refractivity contribution in [3.63, 3.8) is 0 Å². The van der Waals surface area contributed by atoms with Crippen molar-refractivity contribution in [2.45, 2.75) is 25.0 Å². The lowest BCUT2D eigenvalue weighted by molar-refractivity contribution is -0.131. The standard InChI is InChI=1S/C22H24N2O4S/c1-23(2)15-9-7-14(8-10-15)19-18(20(25)17-6-4-12-29-17)21(26)22(27)24(19)13-16-5-3-11-28-16/h4,6-10,12,16,19,26H,3,5,11,13H2,1-2H3/t16-,19+/m1/s1. The molecular formula is C22H24N2O4S. The Kier molecular flexibility index (Phi) is 5.43. The molecule has 0 bridgehead atoms. The number of hydrogen-bond acceptors (Lipinski definition) is 6. The number of benzene rings is 1. The van der Waals surface area contributed by atoms with Crippen LogP contribution in [0.1, 0.15) is 34.1 Å². The van der Waals surface area contributed by atoms with Crippen LogP contribution in [0.25, 0.3) is 0 Å². The number of thiophene rings is 1. The highest BCUT2D eigenvalue weighted by Crippen LogP contribution is 2.40. The van der Waals surface area contributed by atoms with Gasteiger partial charge in [-0.1, -0.05) is 18.2 Å². The molecule has 2 aliphatic heterocycles. The molecule has 0 radical (unpaired) electrons. The zero-order valence-corrected chi connectivity index (χ0v) is 17.3. The van der Waals surface area contributed by atoms with E-state index >= 15 is 0 Å². The summed E-state index contributed by atoms with van der Waals surface area (Å²) in [5.41, 5.74) is 1.96. The normalized spacial score (nSPS) is 21.9. The minimum atomic E-state index is -0.627. The lowest BCUT2D eigenvalue weighted by Crippen LogP contribution is -2.37. The fourth-order valence-corrected chi connectivity index (χ4v) is 4.60. The van der Waals surface area contributed by atoms with E-state index in [1.807, 2.05) is 48.6 Å². The predicted molar refractivity (Wildman–Crippen MR) is 113 cm³/mol. The topological polar surface area (TPSA) is 70.1 Å². The lowest BCUT2D eigenvalue weighted by atomic mass is 9.95. The maximum absolute atomic E-state index is 13.2. The summed E-state index contributed by atoms with van der Waals surface area (Å²) < 4.78 is 5.72. The van der Waals surface area contributed by atoms with Gasteiger partial charge in [-0.25, -0.2) is 0 Å². The van der Waals surface area contributed by atoms with Crippen LogP contribution in [0.5, 0.6) is 0 Å². The summed E-state index contributed by atoms with van der Waals surface area (Å²) in [7, 11) is 3.91. The van der Waals surface area contributed by atoms with Crippen LogP contribution in [0.3, 0.4) is 0 Å². The molecule has 1 amide bonds. The van der Waals surface area contributed by atoms with E-state index in [-0.39, 0.29) is 17.5 Å². The van der Waals surface area contributed by atoms with Crippen LogP contribution in [0.4, 0.5) is 5.69 Å². The summed E-state index contributed by atoms with van der Waals surface area (Å²) in [5, 5.41) is 12.5. The first-order valence-electron chi connectivity index (χ1n) is 9.68. The molecule has 1 fully saturated rings. The Hall–Kier alpha value is -2.64. The van der Waals surface area contributed by atoms with Gasteiger partial charge in [0.15, 0.2) is 5.76 Å². The van der Waals surface area contributed by atoms with Gasteiger partial charge in [-0.15, -0.1) is 11.3 Å². The predicted octanol–water partition coefficient (Wildman–Crippen LogP) is 3.57. The largest absolute Gasteiger partial charge is 0.503 e. The number of carbonyl (C=O) groups is 2. The van der Waals surface area contributed by atoms with Crippen molar-refractivity contribution in [2.24, 2.45) is 0 Å². The Morgan fingerprint density at radius 2 is 2.03 bits per heavy atom. The van der Waals surface area contributed by atoms with Crippen molar-refractivity contribution < 1.29 is 19.4 Å². The number of aliphatic hydroxyl groups is 1. The lowest BCUT2D eigenvalue weighted by Gasteiger charge is -2.29. The van der Waals surface area contributed by atoms with Crippen molar-refractivity contribution in [1.29, 1.82) is 0 Å². The number of ether oxygens (including phenoxy) is 1. The average Bonchev–Trinajstić information content (AvgIpc) is 3.46. The van der Waals surface area contributed by atoms with E-state index in [0.717, 1.165) is 24.1 Å². The monoisotopic (exact) mass is 412 g/mol. The van der Waals surface area contributed by atoms with Crippen molar-refractivity contribution in [3.05, 3.63) is 63.6 Å². The smallest absolute Gasteiger partial charge is 0.290 e. The van der Waals surface area contributed by atoms with Gasteiger partial charge < -0.3 is 19.6 Å². The number of ketones is 1. The molecule has 1 aromatic carbocycles. The van der Waals surface area contributed by atoms with Gasteiger partial charge >= 0.3 is 0 Å². The van der Waals surface area contributed by atoms with Crippen LogP contribution in [0, 0.1) is 0 Å². The Morgan fingerprint density at radius 3 is 2.62 bits per heavy atom. The summed E-state index contributed by atoms with van der Waals surface area (Å²) in [6, 6.07) is 10.6. The van der Waals surface area contributed by atoms with Crippen LogP contribution in [0.2, 0.25) is 0 Å². The second-order valence-electron chi connectivity index (χ2n) is 7.55. The molecule has 2 atom stereocenters. The number of aliphatic hydroxyl groups excluding tert-OH is 1. The molecule has 0 saturated carbocycles. The number of anilines is 1. The first kappa shape index (κ1) is 19.7. The molecule has 1 N–H and O–H groups in total. The highest BCUT2D eigenvalue weighted by Gasteiger charge is 2.45. The van der Waals surface area contributed by atoms with Gasteiger partial charge in [-0.2, -0.15) is 0 Å². The Balaban J connectivity index is 1.74. The minimum absolute atomic E-state index is 0.0773. The Labute approximate surface area is 174 Å². The van der Waals surface area contributed by atoms with E-state index < -0.39 is 17.7 Å². The molecule has 1 aromatic heterocycles. The molecule has 6 nitrogen and oxygen atoms in total. The molecule has 2 aliphatic rings. The van der Waals surface area contributed by atoms with E-state index in [0.29, 0.717) is 18.0 Å². The highest BCUT2D eigenvalue weighted by atomic mass is 32.1. The average molecular weight is 413 g/mol. The van der Waals surface area contributed by atoms with Crippen molar-refractivity contribution in [2.75, 3.05) is 32.1 Å². The minimum Gasteiger partial charge on any atom is -0.503 e. The number of nitrogens with zero attached hydrogens (tertiary/aromatic N) is 2. The molecule has 1 saturated heterocycles. The fraction of sp³-hybridized carbons (Fsp3) is 0.364. The van der Waals surface area contributed by atoms with Crippen molar-refractivity contribution in [1.82, 2.24) is 4.90 Å². The molecule has 0 aliphatic carbocycles. The number of hydrogen-bond donors (Lipinski definition) is 1. The molecule has 0 unspecified atom stereocenters. The van der Waals surface area contributed by atoms with Crippen LogP contribution >= 0.6 is 11.3 Å². The third-order valence-electron chi connectivity index (χ3n) is 5.44. The maximum Gasteiger partial charge on any atom is 0.290 e. The van der Waals surface area contributed by atoms with Gasteiger partial charge in [-0.3, -0.25) is 9.59 Å². The number of rotatable bonds is 6. The van der Waals surface area contributed by atoms with Crippen molar-refractivity contribution >= 4 is 28.7 Å². The molecule has 29 heavy (non-hydrogen) atoms. The molecule has 4 rings (SSSR count). The first-order valence-corrected chi connectivity index (χ1v) is 10.6. The molecule has 152 valence electrons. The van der Waals surface area contributed by atoms with Gasteiger partial charge in [0.1, 0.15) is 0 Å². The van der Waals surface area contributed by atoms with Crippen LogP contribution in [-0.2, 0) is 9.53 Å². The summed E-state index contributed by atoms with van der Waals surface area (Å²) in [5.74, 6) is -1.27. The molecule has 2 aromatic rings. The summed E-state index contributed by atoms with van der Waals surface area (Å²) in [6.45, 7) is 1.03. The summed E-state index contributed by atoms with van der Waals surface area (Å²) >= 11 is 1.30. The second kappa shape index (κ2) is 8.00. The number of amides is 1. The zero-order valence-electron chi connectivity index (χ0n) is 16.5. The highest BCUT2D eigenvalue weighted by molar-refractivity contribution is 7.12. The van der Waals surface area contributed by atoms with Crippen molar-refractivity contribution in [3.8, 4) is 0 Å². The quantitative estimate of drug-likeness (QED) is 0.735. The maximum atomic E-state index is 13.2. The van der Waals surface area contributed by atoms with E-state index in [1.54, 1.807) is 17.0 Å². The molecular weight excluding hydrogens is 388 g/mol. The molecule has 7 heteroatoms. The molecule has 3 heterocycles. The zero-order chi connectivity index (χ0) is 20.5. The van der Waals surface area contributed by atoms with E-state index in [2.05, 4.69) is 0 Å². The Morgan fingerprint density at radius 1 is 1.28 bits per heavy atom. The van der Waals surface area contributed by atoms with E-state index in [1.165, 1.54) is 11.3 Å². The van der Waals surface area contributed by atoms with Gasteiger partial charge in [-0.05, 0) is 42.0 Å². The van der Waals surface area contributed by atoms with Gasteiger partial charge in [0.2, 0.25) is 5.78 Å². The number of carbonyl (C=O) groups excluding carboxylic acids is 2. The van der Waals surface area contributed by atoms with Crippen LogP contribution in [0.15, 0.2) is 53.1 Å². The van der Waals surface area contributed by atoms with Crippen LogP contribution in [-0.4, -0.2) is 55.0 Å². The first-order chi connectivity index (χ1) is 14.0. The van der Waals surface area contributed by atoms with E-state index in [4.69, 9.17) is 4.74 Å². The van der Waals surface area contributed by atoms with Crippen LogP contribution < -0.4 is 4.90 Å². The second-order valence-corrected chi connectivity index (χ2v) is 8.50. The fourth-order valence-electron chi connectivity index (χ4n) is 3.92. The Bertz CT molecular complexity index is 928. The van der Waals surface area contributed by atoms with Gasteiger partial charge in [0.25, 0.3) is 5.91 Å². The SMILES string of the molecule is CN(C)c1ccc([C@H]2C(C(=O)c3cccs3)=C(O)C(=O)N2C[C@H]2CCCO2)cc1. The van der Waals surface area contributed by atoms with E-state index in [9.17, 15) is 14.7 Å².